The van der Waals surface area contributed by atoms with E-state index >= 15 is 0 Å². The van der Waals surface area contributed by atoms with Crippen LogP contribution in [0.5, 0.6) is 0 Å². The highest BCUT2D eigenvalue weighted by molar-refractivity contribution is 9.10. The highest BCUT2D eigenvalue weighted by atomic mass is 79.9. The van der Waals surface area contributed by atoms with E-state index < -0.39 is 0 Å². The van der Waals surface area contributed by atoms with E-state index in [1.807, 2.05) is 10.9 Å². The predicted octanol–water partition coefficient (Wildman–Crippen LogP) is 2.75. The standard InChI is InChI=1S/C10H15BrN2O/c1-7(2)9-6-12-13(10(9)11)5-4-8(3)14/h6-7H,4-5H2,1-3H3. The molecule has 4 heteroatoms. The third-order valence-electron chi connectivity index (χ3n) is 2.10. The summed E-state index contributed by atoms with van der Waals surface area (Å²) in [6, 6.07) is 0. The van der Waals surface area contributed by atoms with Gasteiger partial charge in [0.1, 0.15) is 10.4 Å². The lowest BCUT2D eigenvalue weighted by atomic mass is 10.1. The minimum Gasteiger partial charge on any atom is -0.300 e. The second-order valence-electron chi connectivity index (χ2n) is 3.72. The molecule has 0 saturated heterocycles. The molecule has 0 spiro atoms. The molecular formula is C10H15BrN2O. The number of carbonyl (C=O) groups is 1. The summed E-state index contributed by atoms with van der Waals surface area (Å²) in [4.78, 5) is 10.8. The van der Waals surface area contributed by atoms with Crippen molar-refractivity contribution in [1.82, 2.24) is 9.78 Å². The lowest BCUT2D eigenvalue weighted by molar-refractivity contribution is -0.117. The summed E-state index contributed by atoms with van der Waals surface area (Å²) in [5, 5.41) is 4.23. The molecule has 3 nitrogen and oxygen atoms in total. The molecule has 14 heavy (non-hydrogen) atoms. The van der Waals surface area contributed by atoms with Crippen molar-refractivity contribution in [3.63, 3.8) is 0 Å². The van der Waals surface area contributed by atoms with Gasteiger partial charge in [0.25, 0.3) is 0 Å². The molecule has 0 aliphatic heterocycles. The summed E-state index contributed by atoms with van der Waals surface area (Å²) >= 11 is 3.49. The summed E-state index contributed by atoms with van der Waals surface area (Å²) in [7, 11) is 0. The summed E-state index contributed by atoms with van der Waals surface area (Å²) in [5.41, 5.74) is 1.19. The molecule has 1 heterocycles. The molecule has 0 atom stereocenters. The van der Waals surface area contributed by atoms with Crippen LogP contribution in [-0.2, 0) is 11.3 Å². The largest absolute Gasteiger partial charge is 0.300 e. The fourth-order valence-electron chi connectivity index (χ4n) is 1.19. The van der Waals surface area contributed by atoms with Crippen LogP contribution in [0, 0.1) is 0 Å². The van der Waals surface area contributed by atoms with Crippen molar-refractivity contribution in [3.8, 4) is 0 Å². The number of Topliss-reactive ketones (excluding diaryl/α,β-unsaturated/α-hetero) is 1. The van der Waals surface area contributed by atoms with E-state index in [4.69, 9.17) is 0 Å². The Bertz CT molecular complexity index is 331. The smallest absolute Gasteiger partial charge is 0.131 e. The van der Waals surface area contributed by atoms with Gasteiger partial charge in [-0.2, -0.15) is 5.10 Å². The quantitative estimate of drug-likeness (QED) is 0.833. The second kappa shape index (κ2) is 4.73. The van der Waals surface area contributed by atoms with Gasteiger partial charge in [0.15, 0.2) is 0 Å². The van der Waals surface area contributed by atoms with E-state index in [9.17, 15) is 4.79 Å². The Kier molecular flexibility index (Phi) is 3.86. The van der Waals surface area contributed by atoms with Crippen LogP contribution in [0.25, 0.3) is 0 Å². The highest BCUT2D eigenvalue weighted by Gasteiger charge is 2.10. The molecule has 0 aliphatic carbocycles. The van der Waals surface area contributed by atoms with Gasteiger partial charge >= 0.3 is 0 Å². The summed E-state index contributed by atoms with van der Waals surface area (Å²) < 4.78 is 2.82. The molecule has 0 amide bonds. The number of hydrogen-bond acceptors (Lipinski definition) is 2. The summed E-state index contributed by atoms with van der Waals surface area (Å²) in [6.07, 6.45) is 2.40. The van der Waals surface area contributed by atoms with Crippen molar-refractivity contribution in [2.24, 2.45) is 0 Å². The van der Waals surface area contributed by atoms with Crippen LogP contribution in [0.2, 0.25) is 0 Å². The first-order valence-corrected chi connectivity index (χ1v) is 5.52. The number of hydrogen-bond donors (Lipinski definition) is 0. The summed E-state index contributed by atoms with van der Waals surface area (Å²) in [6.45, 7) is 6.50. The van der Waals surface area contributed by atoms with Gasteiger partial charge in [-0.05, 0) is 28.8 Å². The molecule has 0 bridgehead atoms. The van der Waals surface area contributed by atoms with Crippen LogP contribution in [0.1, 0.15) is 38.7 Å². The zero-order chi connectivity index (χ0) is 10.7. The number of carbonyl (C=O) groups excluding carboxylic acids is 1. The van der Waals surface area contributed by atoms with Crippen LogP contribution >= 0.6 is 15.9 Å². The van der Waals surface area contributed by atoms with Crippen LogP contribution in [0.3, 0.4) is 0 Å². The number of ketones is 1. The molecule has 1 aromatic rings. The second-order valence-corrected chi connectivity index (χ2v) is 4.47. The molecule has 0 aromatic carbocycles. The topological polar surface area (TPSA) is 34.9 Å². The molecular weight excluding hydrogens is 244 g/mol. The molecule has 0 unspecified atom stereocenters. The van der Waals surface area contributed by atoms with Crippen LogP contribution < -0.4 is 0 Å². The maximum Gasteiger partial charge on any atom is 0.131 e. The van der Waals surface area contributed by atoms with Gasteiger partial charge in [-0.15, -0.1) is 0 Å². The number of rotatable bonds is 4. The fraction of sp³-hybridized carbons (Fsp3) is 0.600. The molecule has 0 radical (unpaired) electrons. The fourth-order valence-corrected chi connectivity index (χ4v) is 2.02. The number of halogens is 1. The average molecular weight is 259 g/mol. The van der Waals surface area contributed by atoms with Gasteiger partial charge in [0.05, 0.1) is 6.20 Å². The van der Waals surface area contributed by atoms with Crippen molar-refractivity contribution < 1.29 is 4.79 Å². The first-order valence-electron chi connectivity index (χ1n) is 4.73. The van der Waals surface area contributed by atoms with Crippen molar-refractivity contribution in [2.75, 3.05) is 0 Å². The number of nitrogens with zero attached hydrogens (tertiary/aromatic N) is 2. The van der Waals surface area contributed by atoms with E-state index in [1.54, 1.807) is 6.92 Å². The van der Waals surface area contributed by atoms with E-state index in [0.29, 0.717) is 18.9 Å². The van der Waals surface area contributed by atoms with Crippen molar-refractivity contribution in [3.05, 3.63) is 16.4 Å². The van der Waals surface area contributed by atoms with Crippen LogP contribution in [0.15, 0.2) is 10.8 Å². The Morgan fingerprint density at radius 2 is 2.29 bits per heavy atom. The predicted molar refractivity (Wildman–Crippen MR) is 59.3 cm³/mol. The third kappa shape index (κ3) is 2.67. The number of aromatic nitrogens is 2. The molecule has 78 valence electrons. The van der Waals surface area contributed by atoms with Crippen molar-refractivity contribution >= 4 is 21.7 Å². The lowest BCUT2D eigenvalue weighted by Gasteiger charge is -2.04. The normalized spacial score (nSPS) is 10.9. The molecule has 0 N–H and O–H groups in total. The minimum atomic E-state index is 0.193. The van der Waals surface area contributed by atoms with Gasteiger partial charge in [0.2, 0.25) is 0 Å². The Morgan fingerprint density at radius 1 is 1.64 bits per heavy atom. The van der Waals surface area contributed by atoms with E-state index in [1.165, 1.54) is 5.56 Å². The van der Waals surface area contributed by atoms with Gasteiger partial charge in [0, 0.05) is 18.5 Å². The average Bonchev–Trinajstić information content (AvgIpc) is 2.43. The maximum atomic E-state index is 10.8. The SMILES string of the molecule is CC(=O)CCn1ncc(C(C)C)c1Br. The Labute approximate surface area is 92.6 Å². The van der Waals surface area contributed by atoms with Gasteiger partial charge in [-0.1, -0.05) is 13.8 Å². The van der Waals surface area contributed by atoms with E-state index in [-0.39, 0.29) is 5.78 Å². The van der Waals surface area contributed by atoms with Crippen LogP contribution in [-0.4, -0.2) is 15.6 Å². The van der Waals surface area contributed by atoms with Crippen LogP contribution in [0.4, 0.5) is 0 Å². The first-order chi connectivity index (χ1) is 6.52. The highest BCUT2D eigenvalue weighted by Crippen LogP contribution is 2.24. The monoisotopic (exact) mass is 258 g/mol. The van der Waals surface area contributed by atoms with E-state index in [2.05, 4.69) is 34.9 Å². The first kappa shape index (κ1) is 11.4. The zero-order valence-electron chi connectivity index (χ0n) is 8.75. The summed E-state index contributed by atoms with van der Waals surface area (Å²) in [5.74, 6) is 0.647. The molecule has 0 fully saturated rings. The van der Waals surface area contributed by atoms with E-state index in [0.717, 1.165) is 4.60 Å². The Balaban J connectivity index is 2.74. The van der Waals surface area contributed by atoms with Crippen molar-refractivity contribution in [1.29, 1.82) is 0 Å². The number of aryl methyl sites for hydroxylation is 1. The minimum absolute atomic E-state index is 0.193. The third-order valence-corrected chi connectivity index (χ3v) is 2.97. The lowest BCUT2D eigenvalue weighted by Crippen LogP contribution is -2.04. The van der Waals surface area contributed by atoms with Crippen molar-refractivity contribution in [2.45, 2.75) is 39.7 Å². The zero-order valence-corrected chi connectivity index (χ0v) is 10.3. The molecule has 1 rings (SSSR count). The Hall–Kier alpha value is -0.640. The molecule has 0 saturated carbocycles. The van der Waals surface area contributed by atoms with Gasteiger partial charge in [-0.3, -0.25) is 9.48 Å². The molecule has 0 aliphatic rings. The maximum absolute atomic E-state index is 10.8. The Morgan fingerprint density at radius 3 is 2.71 bits per heavy atom. The molecule has 1 aromatic heterocycles. The van der Waals surface area contributed by atoms with Gasteiger partial charge < -0.3 is 0 Å². The van der Waals surface area contributed by atoms with Gasteiger partial charge in [-0.25, -0.2) is 0 Å².